The Labute approximate surface area is 93.3 Å². The minimum atomic E-state index is -0.256. The lowest BCUT2D eigenvalue weighted by molar-refractivity contribution is 0.307. The molecule has 3 rings (SSSR count). The Bertz CT molecular complexity index is 586. The number of anilines is 1. The van der Waals surface area contributed by atoms with E-state index in [9.17, 15) is 0 Å². The van der Waals surface area contributed by atoms with E-state index >= 15 is 0 Å². The summed E-state index contributed by atoms with van der Waals surface area (Å²) in [5, 5.41) is 14.2. The summed E-state index contributed by atoms with van der Waals surface area (Å²) in [7, 11) is 0. The zero-order valence-corrected chi connectivity index (χ0v) is 8.60. The Kier molecular flexibility index (Phi) is 1.94. The van der Waals surface area contributed by atoms with Crippen LogP contribution < -0.4 is 10.1 Å². The zero-order chi connectivity index (χ0) is 11.0. The van der Waals surface area contributed by atoms with Gasteiger partial charge in [-0.25, -0.2) is 0 Å². The van der Waals surface area contributed by atoms with Crippen LogP contribution in [0.5, 0.6) is 5.75 Å². The minimum absolute atomic E-state index is 0.256. The van der Waals surface area contributed by atoms with Crippen molar-refractivity contribution < 1.29 is 4.74 Å². The van der Waals surface area contributed by atoms with Gasteiger partial charge in [0.2, 0.25) is 0 Å². The van der Waals surface area contributed by atoms with E-state index < -0.39 is 0 Å². The maximum atomic E-state index is 8.84. The maximum absolute atomic E-state index is 8.84. The highest BCUT2D eigenvalue weighted by Gasteiger charge is 2.19. The van der Waals surface area contributed by atoms with E-state index in [1.54, 1.807) is 0 Å². The predicted octanol–water partition coefficient (Wildman–Crippen LogP) is 2.54. The molecule has 0 aliphatic carbocycles. The van der Waals surface area contributed by atoms with E-state index in [0.717, 1.165) is 22.2 Å². The third kappa shape index (κ3) is 1.28. The third-order valence-electron chi connectivity index (χ3n) is 2.76. The summed E-state index contributed by atoms with van der Waals surface area (Å²) in [6.45, 7) is 0.400. The van der Waals surface area contributed by atoms with Crippen LogP contribution >= 0.6 is 0 Å². The van der Waals surface area contributed by atoms with Gasteiger partial charge in [-0.3, -0.25) is 0 Å². The first-order chi connectivity index (χ1) is 7.88. The molecule has 1 aliphatic rings. The van der Waals surface area contributed by atoms with Crippen LogP contribution in [0.15, 0.2) is 36.4 Å². The van der Waals surface area contributed by atoms with E-state index in [-0.39, 0.29) is 6.04 Å². The maximum Gasteiger partial charge on any atom is 0.150 e. The topological polar surface area (TPSA) is 45.0 Å². The van der Waals surface area contributed by atoms with Crippen molar-refractivity contribution in [2.45, 2.75) is 6.04 Å². The SMILES string of the molecule is N#CC1COc2c(ccc3ccccc23)N1. The summed E-state index contributed by atoms with van der Waals surface area (Å²) in [6, 6.07) is 14.0. The summed E-state index contributed by atoms with van der Waals surface area (Å²) >= 11 is 0. The van der Waals surface area contributed by atoms with Crippen molar-refractivity contribution in [3.8, 4) is 11.8 Å². The molecule has 1 N–H and O–H groups in total. The predicted molar refractivity (Wildman–Crippen MR) is 62.5 cm³/mol. The van der Waals surface area contributed by atoms with Crippen LogP contribution in [0.3, 0.4) is 0 Å². The summed E-state index contributed by atoms with van der Waals surface area (Å²) in [5.41, 5.74) is 0.900. The molecule has 1 unspecified atom stereocenters. The molecule has 0 saturated heterocycles. The van der Waals surface area contributed by atoms with Crippen LogP contribution in [0, 0.1) is 11.3 Å². The molecule has 3 nitrogen and oxygen atoms in total. The highest BCUT2D eigenvalue weighted by Crippen LogP contribution is 2.36. The highest BCUT2D eigenvalue weighted by molar-refractivity contribution is 5.93. The smallest absolute Gasteiger partial charge is 0.150 e. The normalized spacial score (nSPS) is 18.1. The quantitative estimate of drug-likeness (QED) is 0.726. The number of hydrogen-bond acceptors (Lipinski definition) is 3. The van der Waals surface area contributed by atoms with Gasteiger partial charge in [-0.15, -0.1) is 0 Å². The van der Waals surface area contributed by atoms with Gasteiger partial charge < -0.3 is 10.1 Å². The number of nitrogens with one attached hydrogen (secondary N) is 1. The number of hydrogen-bond donors (Lipinski definition) is 1. The van der Waals surface area contributed by atoms with Gasteiger partial charge in [0.15, 0.2) is 0 Å². The number of rotatable bonds is 0. The summed E-state index contributed by atoms with van der Waals surface area (Å²) < 4.78 is 5.66. The second kappa shape index (κ2) is 3.42. The fraction of sp³-hybridized carbons (Fsp3) is 0.154. The fourth-order valence-electron chi connectivity index (χ4n) is 1.98. The largest absolute Gasteiger partial charge is 0.487 e. The molecule has 3 heteroatoms. The molecule has 0 saturated carbocycles. The number of benzene rings is 2. The summed E-state index contributed by atoms with van der Waals surface area (Å²) in [6.07, 6.45) is 0. The van der Waals surface area contributed by atoms with Crippen molar-refractivity contribution in [3.63, 3.8) is 0 Å². The van der Waals surface area contributed by atoms with Gasteiger partial charge in [-0.05, 0) is 11.5 Å². The standard InChI is InChI=1S/C13H10N2O/c14-7-10-8-16-13-11-4-2-1-3-9(11)5-6-12(13)15-10/h1-6,10,15H,8H2. The van der Waals surface area contributed by atoms with Crippen LogP contribution in [-0.2, 0) is 0 Å². The molecule has 0 spiro atoms. The van der Waals surface area contributed by atoms with E-state index in [1.165, 1.54) is 0 Å². The molecule has 1 aliphatic heterocycles. The highest BCUT2D eigenvalue weighted by atomic mass is 16.5. The van der Waals surface area contributed by atoms with Crippen molar-refractivity contribution in [2.24, 2.45) is 0 Å². The van der Waals surface area contributed by atoms with Crippen molar-refractivity contribution >= 4 is 16.5 Å². The lowest BCUT2D eigenvalue weighted by atomic mass is 10.1. The van der Waals surface area contributed by atoms with Gasteiger partial charge in [0.05, 0.1) is 11.8 Å². The number of nitrogens with zero attached hydrogens (tertiary/aromatic N) is 1. The number of fused-ring (bicyclic) bond motifs is 3. The van der Waals surface area contributed by atoms with E-state index in [0.29, 0.717) is 6.61 Å². The van der Waals surface area contributed by atoms with E-state index in [4.69, 9.17) is 10.00 Å². The van der Waals surface area contributed by atoms with Gasteiger partial charge in [0.25, 0.3) is 0 Å². The summed E-state index contributed by atoms with van der Waals surface area (Å²) in [4.78, 5) is 0. The Morgan fingerprint density at radius 2 is 2.12 bits per heavy atom. The molecule has 2 aromatic rings. The van der Waals surface area contributed by atoms with Crippen LogP contribution in [0.25, 0.3) is 10.8 Å². The molecule has 0 amide bonds. The Morgan fingerprint density at radius 3 is 3.00 bits per heavy atom. The number of ether oxygens (including phenoxy) is 1. The molecule has 0 radical (unpaired) electrons. The van der Waals surface area contributed by atoms with E-state index in [1.807, 2.05) is 30.3 Å². The molecule has 0 fully saturated rings. The third-order valence-corrected chi connectivity index (χ3v) is 2.76. The molecule has 16 heavy (non-hydrogen) atoms. The first kappa shape index (κ1) is 9.05. The lowest BCUT2D eigenvalue weighted by Crippen LogP contribution is -2.29. The van der Waals surface area contributed by atoms with Gasteiger partial charge in [0.1, 0.15) is 18.4 Å². The minimum Gasteiger partial charge on any atom is -0.487 e. The number of nitriles is 1. The molecule has 0 bridgehead atoms. The van der Waals surface area contributed by atoms with Gasteiger partial charge >= 0.3 is 0 Å². The summed E-state index contributed by atoms with van der Waals surface area (Å²) in [5.74, 6) is 0.851. The van der Waals surface area contributed by atoms with Gasteiger partial charge in [-0.2, -0.15) is 5.26 Å². The van der Waals surface area contributed by atoms with Crippen molar-refractivity contribution in [1.29, 1.82) is 5.26 Å². The lowest BCUT2D eigenvalue weighted by Gasteiger charge is -2.24. The molecule has 0 aromatic heterocycles. The second-order valence-electron chi connectivity index (χ2n) is 3.80. The molecule has 1 atom stereocenters. The average Bonchev–Trinajstić information content (AvgIpc) is 2.38. The monoisotopic (exact) mass is 210 g/mol. The molecule has 78 valence electrons. The second-order valence-corrected chi connectivity index (χ2v) is 3.80. The van der Waals surface area contributed by atoms with Gasteiger partial charge in [0, 0.05) is 5.39 Å². The Hall–Kier alpha value is -2.21. The Morgan fingerprint density at radius 1 is 1.25 bits per heavy atom. The van der Waals surface area contributed by atoms with Crippen molar-refractivity contribution in [2.75, 3.05) is 11.9 Å². The molecule has 2 aromatic carbocycles. The molecule has 1 heterocycles. The Balaban J connectivity index is 2.19. The molecular formula is C13H10N2O. The average molecular weight is 210 g/mol. The first-order valence-corrected chi connectivity index (χ1v) is 5.19. The van der Waals surface area contributed by atoms with Crippen molar-refractivity contribution in [3.05, 3.63) is 36.4 Å². The fourth-order valence-corrected chi connectivity index (χ4v) is 1.98. The van der Waals surface area contributed by atoms with Crippen LogP contribution in [0.2, 0.25) is 0 Å². The van der Waals surface area contributed by atoms with E-state index in [2.05, 4.69) is 17.5 Å². The van der Waals surface area contributed by atoms with Crippen molar-refractivity contribution in [1.82, 2.24) is 0 Å². The first-order valence-electron chi connectivity index (χ1n) is 5.19. The van der Waals surface area contributed by atoms with Crippen LogP contribution in [0.4, 0.5) is 5.69 Å². The van der Waals surface area contributed by atoms with Crippen LogP contribution in [-0.4, -0.2) is 12.6 Å². The zero-order valence-electron chi connectivity index (χ0n) is 8.60. The molecular weight excluding hydrogens is 200 g/mol. The van der Waals surface area contributed by atoms with Crippen LogP contribution in [0.1, 0.15) is 0 Å². The van der Waals surface area contributed by atoms with Gasteiger partial charge in [-0.1, -0.05) is 30.3 Å².